The van der Waals surface area contributed by atoms with E-state index in [4.69, 9.17) is 16.3 Å². The van der Waals surface area contributed by atoms with Crippen LogP contribution in [0.25, 0.3) is 10.9 Å². The van der Waals surface area contributed by atoms with Gasteiger partial charge in [-0.25, -0.2) is 19.2 Å². The molecule has 0 radical (unpaired) electrons. The molecule has 0 aliphatic carbocycles. The number of amides is 1. The van der Waals surface area contributed by atoms with Crippen molar-refractivity contribution in [1.29, 1.82) is 0 Å². The molecule has 1 fully saturated rings. The van der Waals surface area contributed by atoms with E-state index < -0.39 is 17.4 Å². The standard InChI is InChI=1S/C21H21ClFN5O3/c1-21(10-24-6-7-28(21)20(29)30)13-8-12-16(9-17(13)31-2)25-11-26-19(12)27-15-5-3-4-14(22)18(15)23/h3-5,8-9,11,24H,6-7,10H2,1-2H3,(H,29,30)(H,25,26,27)/t21-/m0/s1. The van der Waals surface area contributed by atoms with E-state index in [2.05, 4.69) is 20.6 Å². The first-order valence-corrected chi connectivity index (χ1v) is 9.98. The van der Waals surface area contributed by atoms with Gasteiger partial charge in [-0.1, -0.05) is 17.7 Å². The molecule has 3 aromatic rings. The van der Waals surface area contributed by atoms with Crippen LogP contribution in [0.4, 0.5) is 20.7 Å². The van der Waals surface area contributed by atoms with Gasteiger partial charge in [-0.05, 0) is 25.1 Å². The summed E-state index contributed by atoms with van der Waals surface area (Å²) in [7, 11) is 1.52. The van der Waals surface area contributed by atoms with Gasteiger partial charge in [-0.3, -0.25) is 4.90 Å². The van der Waals surface area contributed by atoms with Crippen LogP contribution in [-0.2, 0) is 5.54 Å². The molecule has 10 heteroatoms. The third-order valence-corrected chi connectivity index (χ3v) is 5.84. The average molecular weight is 446 g/mol. The van der Waals surface area contributed by atoms with E-state index >= 15 is 0 Å². The maximum absolute atomic E-state index is 14.4. The summed E-state index contributed by atoms with van der Waals surface area (Å²) in [5.74, 6) is 0.276. The number of nitrogens with one attached hydrogen (secondary N) is 2. The Morgan fingerprint density at radius 2 is 2.19 bits per heavy atom. The molecule has 162 valence electrons. The molecule has 2 aromatic carbocycles. The second-order valence-electron chi connectivity index (χ2n) is 7.40. The molecular weight excluding hydrogens is 425 g/mol. The average Bonchev–Trinajstić information content (AvgIpc) is 2.76. The molecule has 1 aliphatic rings. The van der Waals surface area contributed by atoms with Crippen molar-refractivity contribution in [3.05, 3.63) is 53.1 Å². The van der Waals surface area contributed by atoms with Crippen molar-refractivity contribution >= 4 is 40.1 Å². The molecule has 0 spiro atoms. The van der Waals surface area contributed by atoms with Gasteiger partial charge >= 0.3 is 6.09 Å². The van der Waals surface area contributed by atoms with Gasteiger partial charge in [0.1, 0.15) is 17.9 Å². The lowest BCUT2D eigenvalue weighted by Gasteiger charge is -2.44. The van der Waals surface area contributed by atoms with E-state index in [9.17, 15) is 14.3 Å². The van der Waals surface area contributed by atoms with Crippen LogP contribution in [0, 0.1) is 5.82 Å². The largest absolute Gasteiger partial charge is 0.496 e. The number of nitrogens with zero attached hydrogens (tertiary/aromatic N) is 3. The lowest BCUT2D eigenvalue weighted by Crippen LogP contribution is -2.59. The minimum absolute atomic E-state index is 0.0105. The zero-order chi connectivity index (χ0) is 22.2. The molecule has 31 heavy (non-hydrogen) atoms. The van der Waals surface area contributed by atoms with Crippen molar-refractivity contribution in [2.24, 2.45) is 0 Å². The first-order valence-electron chi connectivity index (χ1n) is 9.60. The minimum Gasteiger partial charge on any atom is -0.496 e. The van der Waals surface area contributed by atoms with Crippen LogP contribution < -0.4 is 15.4 Å². The van der Waals surface area contributed by atoms with Gasteiger partial charge < -0.3 is 20.5 Å². The van der Waals surface area contributed by atoms with E-state index in [0.29, 0.717) is 47.7 Å². The number of aromatic nitrogens is 2. The van der Waals surface area contributed by atoms with Crippen LogP contribution in [0.15, 0.2) is 36.7 Å². The fourth-order valence-corrected chi connectivity index (χ4v) is 4.09. The summed E-state index contributed by atoms with van der Waals surface area (Å²) in [4.78, 5) is 21.9. The number of hydrogen-bond acceptors (Lipinski definition) is 6. The highest BCUT2D eigenvalue weighted by atomic mass is 35.5. The van der Waals surface area contributed by atoms with Crippen LogP contribution >= 0.6 is 11.6 Å². The summed E-state index contributed by atoms with van der Waals surface area (Å²) in [5, 5.41) is 16.6. The fourth-order valence-electron chi connectivity index (χ4n) is 3.91. The molecule has 0 saturated carbocycles. The van der Waals surface area contributed by atoms with Crippen molar-refractivity contribution in [1.82, 2.24) is 20.2 Å². The third-order valence-electron chi connectivity index (χ3n) is 5.55. The van der Waals surface area contributed by atoms with E-state index in [0.717, 1.165) is 0 Å². The van der Waals surface area contributed by atoms with Gasteiger partial charge in [0.2, 0.25) is 0 Å². The Labute approximate surface area is 183 Å². The molecular formula is C21H21ClFN5O3. The lowest BCUT2D eigenvalue weighted by molar-refractivity contribution is 0.0639. The predicted octanol–water partition coefficient (Wildman–Crippen LogP) is 3.97. The molecule has 1 atom stereocenters. The van der Waals surface area contributed by atoms with Crippen LogP contribution in [0.3, 0.4) is 0 Å². The van der Waals surface area contributed by atoms with Crippen molar-refractivity contribution in [2.75, 3.05) is 32.1 Å². The van der Waals surface area contributed by atoms with Gasteiger partial charge in [0, 0.05) is 36.7 Å². The molecule has 1 aliphatic heterocycles. The predicted molar refractivity (Wildman–Crippen MR) is 116 cm³/mol. The fraction of sp³-hybridized carbons (Fsp3) is 0.286. The Balaban J connectivity index is 1.88. The molecule has 0 unspecified atom stereocenters. The number of carbonyl (C=O) groups is 1. The number of hydrogen-bond donors (Lipinski definition) is 3. The Bertz CT molecular complexity index is 1160. The summed E-state index contributed by atoms with van der Waals surface area (Å²) < 4.78 is 20.0. The van der Waals surface area contributed by atoms with E-state index in [1.54, 1.807) is 24.3 Å². The zero-order valence-corrected chi connectivity index (χ0v) is 17.7. The van der Waals surface area contributed by atoms with Gasteiger partial charge in [-0.2, -0.15) is 0 Å². The van der Waals surface area contributed by atoms with Crippen molar-refractivity contribution in [3.63, 3.8) is 0 Å². The smallest absolute Gasteiger partial charge is 0.408 e. The van der Waals surface area contributed by atoms with Gasteiger partial charge in [0.15, 0.2) is 5.82 Å². The Hall–Kier alpha value is -3.17. The molecule has 0 bridgehead atoms. The first-order chi connectivity index (χ1) is 14.8. The highest BCUT2D eigenvalue weighted by molar-refractivity contribution is 6.31. The van der Waals surface area contributed by atoms with Crippen LogP contribution in [0.1, 0.15) is 12.5 Å². The Kier molecular flexibility index (Phi) is 5.55. The summed E-state index contributed by atoms with van der Waals surface area (Å²) in [6.07, 6.45) is 0.342. The number of piperazine rings is 1. The van der Waals surface area contributed by atoms with E-state index in [1.807, 2.05) is 6.92 Å². The van der Waals surface area contributed by atoms with E-state index in [-0.39, 0.29) is 10.7 Å². The quantitative estimate of drug-likeness (QED) is 0.558. The van der Waals surface area contributed by atoms with Crippen LogP contribution in [0.5, 0.6) is 5.75 Å². The number of anilines is 2. The lowest BCUT2D eigenvalue weighted by atomic mass is 9.86. The van der Waals surface area contributed by atoms with Gasteiger partial charge in [0.05, 0.1) is 28.9 Å². The summed E-state index contributed by atoms with van der Waals surface area (Å²) in [6, 6.07) is 8.16. The second kappa shape index (κ2) is 8.16. The molecule has 1 aromatic heterocycles. The summed E-state index contributed by atoms with van der Waals surface area (Å²) >= 11 is 5.90. The number of benzene rings is 2. The number of methoxy groups -OCH3 is 1. The van der Waals surface area contributed by atoms with Crippen LogP contribution in [-0.4, -0.2) is 52.8 Å². The summed E-state index contributed by atoms with van der Waals surface area (Å²) in [6.45, 7) is 3.13. The van der Waals surface area contributed by atoms with E-state index in [1.165, 1.54) is 24.4 Å². The molecule has 3 N–H and O–H groups in total. The Morgan fingerprint density at radius 1 is 1.39 bits per heavy atom. The number of halogens is 2. The monoisotopic (exact) mass is 445 g/mol. The highest BCUT2D eigenvalue weighted by Gasteiger charge is 2.41. The van der Waals surface area contributed by atoms with Crippen molar-refractivity contribution in [3.8, 4) is 5.75 Å². The minimum atomic E-state index is -1.02. The molecule has 8 nitrogen and oxygen atoms in total. The topological polar surface area (TPSA) is 99.6 Å². The highest BCUT2D eigenvalue weighted by Crippen LogP contribution is 2.40. The van der Waals surface area contributed by atoms with Crippen molar-refractivity contribution < 1.29 is 19.0 Å². The van der Waals surface area contributed by atoms with Crippen LogP contribution in [0.2, 0.25) is 5.02 Å². The number of carboxylic acid groups (broad SMARTS) is 1. The normalized spacial score (nSPS) is 18.8. The molecule has 1 amide bonds. The molecule has 1 saturated heterocycles. The number of fused-ring (bicyclic) bond motifs is 1. The summed E-state index contributed by atoms with van der Waals surface area (Å²) in [5.41, 5.74) is 0.497. The SMILES string of the molecule is COc1cc2ncnc(Nc3cccc(Cl)c3F)c2cc1[C@]1(C)CNCCN1C(=O)O. The number of ether oxygens (including phenoxy) is 1. The van der Waals surface area contributed by atoms with Gasteiger partial charge in [0.25, 0.3) is 0 Å². The first kappa shape index (κ1) is 21.1. The Morgan fingerprint density at radius 3 is 2.94 bits per heavy atom. The van der Waals surface area contributed by atoms with Crippen molar-refractivity contribution in [2.45, 2.75) is 12.5 Å². The maximum Gasteiger partial charge on any atom is 0.408 e. The van der Waals surface area contributed by atoms with Gasteiger partial charge in [-0.15, -0.1) is 0 Å². The zero-order valence-electron chi connectivity index (χ0n) is 16.9. The molecule has 4 rings (SSSR count). The molecule has 2 heterocycles. The second-order valence-corrected chi connectivity index (χ2v) is 7.81. The maximum atomic E-state index is 14.4. The number of rotatable bonds is 4. The third kappa shape index (κ3) is 3.70.